The van der Waals surface area contributed by atoms with Crippen LogP contribution in [0.3, 0.4) is 0 Å². The van der Waals surface area contributed by atoms with E-state index in [1.54, 1.807) is 13.0 Å². The third kappa shape index (κ3) is 8.85. The molecule has 41 heavy (non-hydrogen) atoms. The molecule has 3 aromatic carbocycles. The van der Waals surface area contributed by atoms with Gasteiger partial charge in [0.05, 0.1) is 12.2 Å². The highest BCUT2D eigenvalue weighted by molar-refractivity contribution is 5.85. The van der Waals surface area contributed by atoms with E-state index < -0.39 is 17.8 Å². The Labute approximate surface area is 246 Å². The minimum atomic E-state index is -4.34. The molecule has 4 rings (SSSR count). The number of hydrogen-bond acceptors (Lipinski definition) is 4. The number of hydrogen-bond donors (Lipinski definition) is 0. The van der Waals surface area contributed by atoms with Gasteiger partial charge in [0.25, 0.3) is 0 Å². The number of nitrogens with zero attached hydrogens (tertiary/aromatic N) is 1. The monoisotopic (exact) mass is 587 g/mol. The lowest BCUT2D eigenvalue weighted by atomic mass is 9.97. The number of rotatable bonds is 11. The van der Waals surface area contributed by atoms with Gasteiger partial charge in [-0.05, 0) is 66.6 Å². The lowest BCUT2D eigenvalue weighted by Gasteiger charge is -2.27. The summed E-state index contributed by atoms with van der Waals surface area (Å²) in [4.78, 5) is 14.9. The SMILES string of the molecule is CCCC(Oc1cc(CCN2CC=C(c3cccc(C(F)(F)F)c3)CC2)ccc1-c1ccccc1)C(=O)OCC.Cl. The van der Waals surface area contributed by atoms with E-state index in [0.29, 0.717) is 37.3 Å². The summed E-state index contributed by atoms with van der Waals surface area (Å²) < 4.78 is 51.0. The van der Waals surface area contributed by atoms with Crippen LogP contribution in [-0.2, 0) is 22.1 Å². The molecule has 1 aliphatic rings. The molecule has 1 heterocycles. The highest BCUT2D eigenvalue weighted by Gasteiger charge is 2.30. The first-order chi connectivity index (χ1) is 19.3. The standard InChI is InChI=1S/C33H36F3NO3.ClH/c1-3-9-30(32(38)39-4-2)40-31-22-24(14-15-29(31)26-10-6-5-7-11-26)16-19-37-20-17-25(18-21-37)27-12-8-13-28(23-27)33(34,35)36;/h5-8,10-15,17,22-23,30H,3-4,9,16,18-21H2,1-2H3;1H. The number of benzene rings is 3. The fourth-order valence-corrected chi connectivity index (χ4v) is 4.91. The van der Waals surface area contributed by atoms with Crippen molar-refractivity contribution in [1.82, 2.24) is 4.90 Å². The Morgan fingerprint density at radius 1 is 0.976 bits per heavy atom. The summed E-state index contributed by atoms with van der Waals surface area (Å²) in [5.74, 6) is 0.297. The normalized spacial score (nSPS) is 14.5. The second-order valence-electron chi connectivity index (χ2n) is 9.95. The summed E-state index contributed by atoms with van der Waals surface area (Å²) >= 11 is 0. The van der Waals surface area contributed by atoms with Gasteiger partial charge >= 0.3 is 12.1 Å². The second-order valence-corrected chi connectivity index (χ2v) is 9.95. The quantitative estimate of drug-likeness (QED) is 0.212. The Morgan fingerprint density at radius 2 is 1.73 bits per heavy atom. The molecule has 1 aliphatic heterocycles. The first kappa shape index (κ1) is 32.2. The van der Waals surface area contributed by atoms with Gasteiger partial charge in [-0.1, -0.05) is 74.0 Å². The van der Waals surface area contributed by atoms with Crippen molar-refractivity contribution in [3.63, 3.8) is 0 Å². The second kappa shape index (κ2) is 15.1. The number of halogens is 4. The van der Waals surface area contributed by atoms with E-state index in [1.807, 2.05) is 55.5 Å². The zero-order valence-electron chi connectivity index (χ0n) is 23.5. The van der Waals surface area contributed by atoms with Gasteiger partial charge in [-0.2, -0.15) is 13.2 Å². The predicted octanol–water partition coefficient (Wildman–Crippen LogP) is 8.24. The first-order valence-corrected chi connectivity index (χ1v) is 13.9. The molecule has 0 saturated carbocycles. The Kier molecular flexibility index (Phi) is 11.9. The van der Waals surface area contributed by atoms with Gasteiger partial charge in [-0.3, -0.25) is 4.90 Å². The topological polar surface area (TPSA) is 38.8 Å². The average molecular weight is 588 g/mol. The van der Waals surface area contributed by atoms with Crippen molar-refractivity contribution in [2.75, 3.05) is 26.2 Å². The molecule has 0 bridgehead atoms. The van der Waals surface area contributed by atoms with Gasteiger partial charge in [0.1, 0.15) is 5.75 Å². The van der Waals surface area contributed by atoms with Gasteiger partial charge < -0.3 is 9.47 Å². The highest BCUT2D eigenvalue weighted by atomic mass is 35.5. The van der Waals surface area contributed by atoms with Gasteiger partial charge in [-0.25, -0.2) is 4.79 Å². The van der Waals surface area contributed by atoms with Crippen molar-refractivity contribution in [1.29, 1.82) is 0 Å². The van der Waals surface area contributed by atoms with Gasteiger partial charge in [0, 0.05) is 25.2 Å². The van der Waals surface area contributed by atoms with Crippen molar-refractivity contribution >= 4 is 23.9 Å². The maximum absolute atomic E-state index is 13.1. The largest absolute Gasteiger partial charge is 0.478 e. The summed E-state index contributed by atoms with van der Waals surface area (Å²) in [6.45, 7) is 6.35. The van der Waals surface area contributed by atoms with Crippen LogP contribution in [0, 0.1) is 0 Å². The first-order valence-electron chi connectivity index (χ1n) is 13.9. The van der Waals surface area contributed by atoms with Gasteiger partial charge in [-0.15, -0.1) is 12.4 Å². The molecule has 3 aromatic rings. The lowest BCUT2D eigenvalue weighted by Crippen LogP contribution is -2.30. The van der Waals surface area contributed by atoms with Crippen LogP contribution in [0.25, 0.3) is 16.7 Å². The molecule has 0 saturated heterocycles. The molecule has 1 unspecified atom stereocenters. The average Bonchev–Trinajstić information content (AvgIpc) is 2.96. The number of ether oxygens (including phenoxy) is 2. The molecule has 0 spiro atoms. The molecule has 0 aromatic heterocycles. The van der Waals surface area contributed by atoms with Gasteiger partial charge in [0.15, 0.2) is 6.10 Å². The molecule has 1 atom stereocenters. The minimum absolute atomic E-state index is 0. The Bertz CT molecular complexity index is 1310. The molecule has 220 valence electrons. The molecular formula is C33H37ClF3NO3. The van der Waals surface area contributed by atoms with Crippen molar-refractivity contribution < 1.29 is 27.4 Å². The van der Waals surface area contributed by atoms with Crippen molar-refractivity contribution in [3.05, 3.63) is 95.6 Å². The van der Waals surface area contributed by atoms with Crippen molar-refractivity contribution in [2.45, 2.75) is 51.8 Å². The van der Waals surface area contributed by atoms with Crippen LogP contribution in [0.1, 0.15) is 49.8 Å². The van der Waals surface area contributed by atoms with Crippen LogP contribution >= 0.6 is 12.4 Å². The Balaban J connectivity index is 0.00000462. The van der Waals surface area contributed by atoms with E-state index in [9.17, 15) is 18.0 Å². The maximum atomic E-state index is 13.1. The van der Waals surface area contributed by atoms with E-state index in [1.165, 1.54) is 12.1 Å². The van der Waals surface area contributed by atoms with Gasteiger partial charge in [0.2, 0.25) is 0 Å². The number of carbonyl (C=O) groups is 1. The lowest BCUT2D eigenvalue weighted by molar-refractivity contribution is -0.151. The summed E-state index contributed by atoms with van der Waals surface area (Å²) in [5, 5.41) is 0. The van der Waals surface area contributed by atoms with E-state index >= 15 is 0 Å². The highest BCUT2D eigenvalue weighted by Crippen LogP contribution is 2.34. The van der Waals surface area contributed by atoms with Crippen LogP contribution < -0.4 is 4.74 Å². The van der Waals surface area contributed by atoms with E-state index in [0.717, 1.165) is 54.3 Å². The van der Waals surface area contributed by atoms with E-state index in [-0.39, 0.29) is 18.4 Å². The summed E-state index contributed by atoms with van der Waals surface area (Å²) in [6, 6.07) is 21.6. The van der Waals surface area contributed by atoms with Crippen LogP contribution in [0.15, 0.2) is 78.9 Å². The third-order valence-electron chi connectivity index (χ3n) is 7.07. The number of carbonyl (C=O) groups excluding carboxylic acids is 1. The van der Waals surface area contributed by atoms with E-state index in [2.05, 4.69) is 11.0 Å². The Hall–Kier alpha value is -3.29. The zero-order valence-corrected chi connectivity index (χ0v) is 24.3. The summed E-state index contributed by atoms with van der Waals surface area (Å²) in [7, 11) is 0. The third-order valence-corrected chi connectivity index (χ3v) is 7.07. The smallest absolute Gasteiger partial charge is 0.416 e. The number of esters is 1. The van der Waals surface area contributed by atoms with Crippen LogP contribution in [0.4, 0.5) is 13.2 Å². The molecule has 8 heteroatoms. The molecule has 0 fully saturated rings. The predicted molar refractivity (Wildman–Crippen MR) is 159 cm³/mol. The van der Waals surface area contributed by atoms with Crippen molar-refractivity contribution in [2.24, 2.45) is 0 Å². The van der Waals surface area contributed by atoms with Crippen LogP contribution in [0.2, 0.25) is 0 Å². The fourth-order valence-electron chi connectivity index (χ4n) is 4.91. The number of alkyl halides is 3. The fraction of sp³-hybridized carbons (Fsp3) is 0.364. The van der Waals surface area contributed by atoms with E-state index in [4.69, 9.17) is 9.47 Å². The van der Waals surface area contributed by atoms with Crippen LogP contribution in [0.5, 0.6) is 5.75 Å². The zero-order chi connectivity index (χ0) is 28.5. The van der Waals surface area contributed by atoms with Crippen LogP contribution in [-0.4, -0.2) is 43.2 Å². The maximum Gasteiger partial charge on any atom is 0.416 e. The Morgan fingerprint density at radius 3 is 2.39 bits per heavy atom. The molecule has 0 radical (unpaired) electrons. The molecule has 0 N–H and O–H groups in total. The molecule has 0 amide bonds. The minimum Gasteiger partial charge on any atom is -0.478 e. The summed E-state index contributed by atoms with van der Waals surface area (Å²) in [6.07, 6.45) is -0.176. The van der Waals surface area contributed by atoms with Crippen molar-refractivity contribution in [3.8, 4) is 16.9 Å². The summed E-state index contributed by atoms with van der Waals surface area (Å²) in [5.41, 5.74) is 3.98. The molecular weight excluding hydrogens is 551 g/mol. The molecule has 4 nitrogen and oxygen atoms in total. The molecule has 0 aliphatic carbocycles.